The molecule has 0 aliphatic rings. The number of nitrogens with one attached hydrogen (secondary N) is 1. The molecule has 0 aliphatic carbocycles. The van der Waals surface area contributed by atoms with Gasteiger partial charge in [0.05, 0.1) is 27.3 Å². The Hall–Kier alpha value is -2.73. The van der Waals surface area contributed by atoms with Gasteiger partial charge < -0.3 is 19.5 Å². The second-order valence-corrected chi connectivity index (χ2v) is 6.34. The Balaban J connectivity index is 1.74. The van der Waals surface area contributed by atoms with Gasteiger partial charge in [-0.15, -0.1) is 0 Å². The minimum absolute atomic E-state index is 0.0484. The molecule has 0 aromatic heterocycles. The molecule has 0 spiro atoms. The SMILES string of the molecule is COc1ccc(C)cc1CN(C)CC(=O)NCCOc1ccccc1OC. The summed E-state index contributed by atoms with van der Waals surface area (Å²) in [6, 6.07) is 13.5. The lowest BCUT2D eigenvalue weighted by Gasteiger charge is -2.18. The van der Waals surface area contributed by atoms with Crippen LogP contribution in [0.15, 0.2) is 42.5 Å². The highest BCUT2D eigenvalue weighted by atomic mass is 16.5. The Labute approximate surface area is 161 Å². The number of aryl methyl sites for hydroxylation is 1. The van der Waals surface area contributed by atoms with E-state index in [2.05, 4.69) is 11.4 Å². The zero-order chi connectivity index (χ0) is 19.6. The van der Waals surface area contributed by atoms with Crippen molar-refractivity contribution in [2.24, 2.45) is 0 Å². The first-order chi connectivity index (χ1) is 13.0. The fourth-order valence-corrected chi connectivity index (χ4v) is 2.77. The Morgan fingerprint density at radius 3 is 2.44 bits per heavy atom. The zero-order valence-electron chi connectivity index (χ0n) is 16.5. The maximum absolute atomic E-state index is 12.1. The molecule has 6 nitrogen and oxygen atoms in total. The van der Waals surface area contributed by atoms with Crippen molar-refractivity contribution in [2.45, 2.75) is 13.5 Å². The quantitative estimate of drug-likeness (QED) is 0.650. The van der Waals surface area contributed by atoms with Crippen molar-refractivity contribution in [3.05, 3.63) is 53.6 Å². The first-order valence-electron chi connectivity index (χ1n) is 8.88. The van der Waals surface area contributed by atoms with Crippen molar-refractivity contribution >= 4 is 5.91 Å². The third kappa shape index (κ3) is 6.49. The maximum Gasteiger partial charge on any atom is 0.234 e. The summed E-state index contributed by atoms with van der Waals surface area (Å²) in [6.45, 7) is 3.78. The summed E-state index contributed by atoms with van der Waals surface area (Å²) in [5, 5.41) is 2.87. The van der Waals surface area contributed by atoms with Crippen molar-refractivity contribution in [3.63, 3.8) is 0 Å². The van der Waals surface area contributed by atoms with Gasteiger partial charge in [-0.25, -0.2) is 0 Å². The molecule has 0 atom stereocenters. The lowest BCUT2D eigenvalue weighted by molar-refractivity contribution is -0.122. The molecule has 1 amide bonds. The van der Waals surface area contributed by atoms with Crippen LogP contribution in [0.4, 0.5) is 0 Å². The largest absolute Gasteiger partial charge is 0.496 e. The van der Waals surface area contributed by atoms with Crippen molar-refractivity contribution in [1.29, 1.82) is 0 Å². The van der Waals surface area contributed by atoms with E-state index in [0.29, 0.717) is 37.7 Å². The van der Waals surface area contributed by atoms with E-state index < -0.39 is 0 Å². The van der Waals surface area contributed by atoms with E-state index in [9.17, 15) is 4.79 Å². The summed E-state index contributed by atoms with van der Waals surface area (Å²) in [4.78, 5) is 14.1. The van der Waals surface area contributed by atoms with Gasteiger partial charge in [0.2, 0.25) is 5.91 Å². The van der Waals surface area contributed by atoms with Crippen molar-refractivity contribution in [1.82, 2.24) is 10.2 Å². The molecule has 0 heterocycles. The van der Waals surface area contributed by atoms with E-state index in [0.717, 1.165) is 16.9 Å². The molecule has 2 rings (SSSR count). The van der Waals surface area contributed by atoms with Crippen LogP contribution >= 0.6 is 0 Å². The van der Waals surface area contributed by atoms with E-state index in [1.165, 1.54) is 0 Å². The molecule has 1 N–H and O–H groups in total. The van der Waals surface area contributed by atoms with Gasteiger partial charge in [0, 0.05) is 12.1 Å². The van der Waals surface area contributed by atoms with Crippen LogP contribution in [0.3, 0.4) is 0 Å². The molecule has 0 bridgehead atoms. The Morgan fingerprint density at radius 1 is 1.04 bits per heavy atom. The molecule has 27 heavy (non-hydrogen) atoms. The van der Waals surface area contributed by atoms with Crippen LogP contribution < -0.4 is 19.5 Å². The number of likely N-dealkylation sites (N-methyl/N-ethyl adjacent to an activating group) is 1. The van der Waals surface area contributed by atoms with E-state index in [1.807, 2.05) is 55.3 Å². The Morgan fingerprint density at radius 2 is 1.74 bits per heavy atom. The molecule has 0 saturated heterocycles. The molecule has 0 aliphatic heterocycles. The predicted octanol–water partition coefficient (Wildman–Crippen LogP) is 2.64. The first-order valence-corrected chi connectivity index (χ1v) is 8.88. The minimum atomic E-state index is -0.0484. The number of carbonyl (C=O) groups is 1. The minimum Gasteiger partial charge on any atom is -0.496 e. The maximum atomic E-state index is 12.1. The highest BCUT2D eigenvalue weighted by molar-refractivity contribution is 5.77. The highest BCUT2D eigenvalue weighted by Crippen LogP contribution is 2.25. The topological polar surface area (TPSA) is 60.0 Å². The zero-order valence-corrected chi connectivity index (χ0v) is 16.5. The van der Waals surface area contributed by atoms with E-state index in [1.54, 1.807) is 14.2 Å². The molecule has 0 saturated carbocycles. The van der Waals surface area contributed by atoms with Gasteiger partial charge >= 0.3 is 0 Å². The molecule has 0 fully saturated rings. The van der Waals surface area contributed by atoms with Crippen LogP contribution in [-0.2, 0) is 11.3 Å². The summed E-state index contributed by atoms with van der Waals surface area (Å²) in [7, 11) is 5.16. The molecular weight excluding hydrogens is 344 g/mol. The number of carbonyl (C=O) groups excluding carboxylic acids is 1. The van der Waals surface area contributed by atoms with Gasteiger partial charge in [0.15, 0.2) is 11.5 Å². The number of nitrogens with zero attached hydrogens (tertiary/aromatic N) is 1. The van der Waals surface area contributed by atoms with Gasteiger partial charge in [-0.3, -0.25) is 9.69 Å². The van der Waals surface area contributed by atoms with Crippen molar-refractivity contribution in [2.75, 3.05) is 41.0 Å². The molecule has 0 unspecified atom stereocenters. The summed E-state index contributed by atoms with van der Waals surface area (Å²) in [5.74, 6) is 2.12. The lowest BCUT2D eigenvalue weighted by Crippen LogP contribution is -2.36. The predicted molar refractivity (Wildman–Crippen MR) is 106 cm³/mol. The van der Waals surface area contributed by atoms with Gasteiger partial charge in [0.1, 0.15) is 12.4 Å². The molecule has 146 valence electrons. The Bertz CT molecular complexity index is 749. The average molecular weight is 372 g/mol. The van der Waals surface area contributed by atoms with Crippen LogP contribution in [-0.4, -0.2) is 51.8 Å². The van der Waals surface area contributed by atoms with Crippen LogP contribution in [0.1, 0.15) is 11.1 Å². The van der Waals surface area contributed by atoms with E-state index in [4.69, 9.17) is 14.2 Å². The molecule has 0 radical (unpaired) electrons. The number of amides is 1. The van der Waals surface area contributed by atoms with E-state index >= 15 is 0 Å². The second-order valence-electron chi connectivity index (χ2n) is 6.34. The number of methoxy groups -OCH3 is 2. The summed E-state index contributed by atoms with van der Waals surface area (Å²) >= 11 is 0. The Kier molecular flexibility index (Phi) is 7.95. The third-order valence-electron chi connectivity index (χ3n) is 4.04. The molecular formula is C21H28N2O4. The molecule has 6 heteroatoms. The highest BCUT2D eigenvalue weighted by Gasteiger charge is 2.10. The van der Waals surface area contributed by atoms with Crippen LogP contribution in [0, 0.1) is 6.92 Å². The summed E-state index contributed by atoms with van der Waals surface area (Å²) in [5.41, 5.74) is 2.23. The van der Waals surface area contributed by atoms with Crippen molar-refractivity contribution < 1.29 is 19.0 Å². The van der Waals surface area contributed by atoms with Crippen molar-refractivity contribution in [3.8, 4) is 17.2 Å². The summed E-state index contributed by atoms with van der Waals surface area (Å²) < 4.78 is 16.3. The standard InChI is InChI=1S/C21H28N2O4/c1-16-9-10-18(25-3)17(13-16)14-23(2)15-21(24)22-11-12-27-20-8-6-5-7-19(20)26-4/h5-10,13H,11-12,14-15H2,1-4H3,(H,22,24). The van der Waals surface area contributed by atoms with E-state index in [-0.39, 0.29) is 5.91 Å². The smallest absolute Gasteiger partial charge is 0.234 e. The number of para-hydroxylation sites is 2. The van der Waals surface area contributed by atoms with Gasteiger partial charge in [-0.2, -0.15) is 0 Å². The van der Waals surface area contributed by atoms with Crippen LogP contribution in [0.2, 0.25) is 0 Å². The number of hydrogen-bond donors (Lipinski definition) is 1. The number of benzene rings is 2. The first kappa shape index (κ1) is 20.6. The third-order valence-corrected chi connectivity index (χ3v) is 4.04. The average Bonchev–Trinajstić information content (AvgIpc) is 2.65. The molecule has 2 aromatic carbocycles. The monoisotopic (exact) mass is 372 g/mol. The number of hydrogen-bond acceptors (Lipinski definition) is 5. The van der Waals surface area contributed by atoms with Gasteiger partial charge in [0.25, 0.3) is 0 Å². The lowest BCUT2D eigenvalue weighted by atomic mass is 10.1. The number of ether oxygens (including phenoxy) is 3. The van der Waals surface area contributed by atoms with Crippen LogP contribution in [0.5, 0.6) is 17.2 Å². The van der Waals surface area contributed by atoms with Gasteiger partial charge in [-0.05, 0) is 32.2 Å². The van der Waals surface area contributed by atoms with Gasteiger partial charge in [-0.1, -0.05) is 29.8 Å². The normalized spacial score (nSPS) is 10.6. The fourth-order valence-electron chi connectivity index (χ4n) is 2.77. The fraction of sp³-hybridized carbons (Fsp3) is 0.381. The van der Waals surface area contributed by atoms with Crippen LogP contribution in [0.25, 0.3) is 0 Å². The molecule has 2 aromatic rings. The number of rotatable bonds is 10. The summed E-state index contributed by atoms with van der Waals surface area (Å²) in [6.07, 6.45) is 0. The second kappa shape index (κ2) is 10.4.